The third-order valence-corrected chi connectivity index (χ3v) is 7.35. The number of likely N-dealkylation sites (N-methyl/N-ethyl adjacent to an activating group) is 1. The van der Waals surface area contributed by atoms with Crippen LogP contribution in [0.5, 0.6) is 5.75 Å². The van der Waals surface area contributed by atoms with Crippen molar-refractivity contribution in [2.75, 3.05) is 26.2 Å². The number of aliphatic hydroxyl groups is 1. The number of fused-ring (bicyclic) bond motifs is 1. The van der Waals surface area contributed by atoms with Gasteiger partial charge in [0.2, 0.25) is 0 Å². The molecule has 1 N–H and O–H groups in total. The molecule has 1 amide bonds. The van der Waals surface area contributed by atoms with Gasteiger partial charge < -0.3 is 19.6 Å². The minimum absolute atomic E-state index is 0.0211. The van der Waals surface area contributed by atoms with Crippen molar-refractivity contribution in [3.8, 4) is 5.75 Å². The van der Waals surface area contributed by atoms with Crippen LogP contribution in [0.15, 0.2) is 48.0 Å². The van der Waals surface area contributed by atoms with Gasteiger partial charge in [-0.25, -0.2) is 0 Å². The average Bonchev–Trinajstić information content (AvgIpc) is 3.34. The number of aliphatic hydroxyl groups excluding tert-OH is 1. The van der Waals surface area contributed by atoms with E-state index in [0.29, 0.717) is 18.7 Å². The van der Waals surface area contributed by atoms with Crippen molar-refractivity contribution in [2.45, 2.75) is 65.5 Å². The van der Waals surface area contributed by atoms with Crippen LogP contribution in [0.25, 0.3) is 5.76 Å². The first-order chi connectivity index (χ1) is 17.0. The normalized spacial score (nSPS) is 21.2. The number of likely N-dealkylation sites (tertiary alicyclic amines) is 1. The predicted molar refractivity (Wildman–Crippen MR) is 142 cm³/mol. The monoisotopic (exact) mass is 490 g/mol. The first-order valence-corrected chi connectivity index (χ1v) is 13.0. The standard InChI is InChI=1S/C30H38N2O4/c1-7-31(8-2)15-16-32-26(20-9-12-23(13-10-20)30(4,5)6)25(28(34)29(32)35)27(33)21-11-14-24-22(18-21)17-19(3)36-24/h9-14,18-19,26,33H,7-8,15-17H2,1-6H3/b27-25+. The molecule has 4 rings (SSSR count). The molecule has 192 valence electrons. The Morgan fingerprint density at radius 1 is 1.08 bits per heavy atom. The highest BCUT2D eigenvalue weighted by molar-refractivity contribution is 6.46. The summed E-state index contributed by atoms with van der Waals surface area (Å²) >= 11 is 0. The van der Waals surface area contributed by atoms with E-state index in [2.05, 4.69) is 39.5 Å². The van der Waals surface area contributed by atoms with Gasteiger partial charge in [0.15, 0.2) is 0 Å². The zero-order valence-corrected chi connectivity index (χ0v) is 22.3. The molecule has 0 saturated carbocycles. The number of hydrogen-bond acceptors (Lipinski definition) is 5. The van der Waals surface area contributed by atoms with Crippen molar-refractivity contribution in [1.29, 1.82) is 0 Å². The Bertz CT molecular complexity index is 1170. The summed E-state index contributed by atoms with van der Waals surface area (Å²) in [6, 6.07) is 12.9. The maximum Gasteiger partial charge on any atom is 0.295 e. The van der Waals surface area contributed by atoms with Crippen molar-refractivity contribution in [3.63, 3.8) is 0 Å². The lowest BCUT2D eigenvalue weighted by Gasteiger charge is -2.28. The van der Waals surface area contributed by atoms with Crippen LogP contribution in [0.1, 0.15) is 69.8 Å². The van der Waals surface area contributed by atoms with Gasteiger partial charge in [0.05, 0.1) is 11.6 Å². The topological polar surface area (TPSA) is 70.1 Å². The Kier molecular flexibility index (Phi) is 7.28. The molecule has 0 bridgehead atoms. The smallest absolute Gasteiger partial charge is 0.295 e. The third kappa shape index (κ3) is 4.92. The highest BCUT2D eigenvalue weighted by Crippen LogP contribution is 2.41. The van der Waals surface area contributed by atoms with Gasteiger partial charge in [-0.3, -0.25) is 9.59 Å². The first-order valence-electron chi connectivity index (χ1n) is 13.0. The van der Waals surface area contributed by atoms with Crippen molar-refractivity contribution >= 4 is 17.4 Å². The largest absolute Gasteiger partial charge is 0.507 e. The molecule has 2 aromatic carbocycles. The van der Waals surface area contributed by atoms with Crippen molar-refractivity contribution in [3.05, 3.63) is 70.3 Å². The quantitative estimate of drug-likeness (QED) is 0.333. The van der Waals surface area contributed by atoms with Crippen LogP contribution in [0.4, 0.5) is 0 Å². The molecule has 0 radical (unpaired) electrons. The summed E-state index contributed by atoms with van der Waals surface area (Å²) in [5.41, 5.74) is 3.64. The Hall–Kier alpha value is -3.12. The summed E-state index contributed by atoms with van der Waals surface area (Å²) in [7, 11) is 0. The lowest BCUT2D eigenvalue weighted by molar-refractivity contribution is -0.140. The molecule has 2 aromatic rings. The molecular weight excluding hydrogens is 452 g/mol. The van der Waals surface area contributed by atoms with Crippen LogP contribution < -0.4 is 4.74 Å². The van der Waals surface area contributed by atoms with Gasteiger partial charge >= 0.3 is 0 Å². The molecule has 2 aliphatic rings. The number of rotatable bonds is 7. The number of nitrogens with zero attached hydrogens (tertiary/aromatic N) is 2. The fourth-order valence-corrected chi connectivity index (χ4v) is 5.14. The van der Waals surface area contributed by atoms with Crippen LogP contribution in [0, 0.1) is 0 Å². The van der Waals surface area contributed by atoms with E-state index in [1.165, 1.54) is 5.56 Å². The zero-order chi connectivity index (χ0) is 26.2. The fourth-order valence-electron chi connectivity index (χ4n) is 5.14. The Morgan fingerprint density at radius 2 is 1.75 bits per heavy atom. The summed E-state index contributed by atoms with van der Waals surface area (Å²) in [5.74, 6) is -0.534. The highest BCUT2D eigenvalue weighted by atomic mass is 16.5. The van der Waals surface area contributed by atoms with Crippen molar-refractivity contribution in [1.82, 2.24) is 9.80 Å². The van der Waals surface area contributed by atoms with E-state index in [1.54, 1.807) is 11.0 Å². The van der Waals surface area contributed by atoms with Crippen LogP contribution in [-0.4, -0.2) is 58.9 Å². The summed E-state index contributed by atoms with van der Waals surface area (Å²) in [5, 5.41) is 11.4. The highest BCUT2D eigenvalue weighted by Gasteiger charge is 2.46. The number of hydrogen-bond donors (Lipinski definition) is 1. The Balaban J connectivity index is 1.79. The van der Waals surface area contributed by atoms with E-state index in [9.17, 15) is 14.7 Å². The number of ether oxygens (including phenoxy) is 1. The predicted octanol–water partition coefficient (Wildman–Crippen LogP) is 5.07. The summed E-state index contributed by atoms with van der Waals surface area (Å²) < 4.78 is 5.80. The minimum Gasteiger partial charge on any atom is -0.507 e. The van der Waals surface area contributed by atoms with E-state index in [4.69, 9.17) is 4.74 Å². The summed E-state index contributed by atoms with van der Waals surface area (Å²) in [6.45, 7) is 15.4. The van der Waals surface area contributed by atoms with E-state index in [-0.39, 0.29) is 22.9 Å². The average molecular weight is 491 g/mol. The number of Topliss-reactive ketones (excluding diaryl/α,β-unsaturated/α-hetero) is 1. The molecule has 1 fully saturated rings. The maximum absolute atomic E-state index is 13.4. The second kappa shape index (κ2) is 10.1. The SMILES string of the molecule is CCN(CC)CCN1C(=O)C(=O)/C(=C(/O)c2ccc3c(c2)CC(C)O3)C1c1ccc(C(C)(C)C)cc1. The Morgan fingerprint density at radius 3 is 2.36 bits per heavy atom. The van der Waals surface area contributed by atoms with Gasteiger partial charge in [-0.1, -0.05) is 58.9 Å². The molecule has 6 heteroatoms. The lowest BCUT2D eigenvalue weighted by atomic mass is 9.85. The maximum atomic E-state index is 13.4. The third-order valence-electron chi connectivity index (χ3n) is 7.35. The lowest BCUT2D eigenvalue weighted by Crippen LogP contribution is -2.38. The molecule has 2 unspecified atom stereocenters. The minimum atomic E-state index is -0.641. The summed E-state index contributed by atoms with van der Waals surface area (Å²) in [6.07, 6.45) is 0.816. The number of ketones is 1. The number of amides is 1. The Labute approximate surface area is 214 Å². The zero-order valence-electron chi connectivity index (χ0n) is 22.3. The molecule has 0 aromatic heterocycles. The van der Waals surface area contributed by atoms with Crippen LogP contribution in [-0.2, 0) is 21.4 Å². The van der Waals surface area contributed by atoms with Crippen LogP contribution in [0.3, 0.4) is 0 Å². The van der Waals surface area contributed by atoms with Crippen molar-refractivity contribution in [2.24, 2.45) is 0 Å². The number of benzene rings is 2. The van der Waals surface area contributed by atoms with E-state index < -0.39 is 17.7 Å². The van der Waals surface area contributed by atoms with E-state index in [0.717, 1.165) is 36.4 Å². The number of carbonyl (C=O) groups is 2. The molecule has 36 heavy (non-hydrogen) atoms. The molecule has 0 aliphatic carbocycles. The van der Waals surface area contributed by atoms with E-state index in [1.807, 2.05) is 43.3 Å². The van der Waals surface area contributed by atoms with Crippen LogP contribution >= 0.6 is 0 Å². The number of carbonyl (C=O) groups excluding carboxylic acids is 2. The van der Waals surface area contributed by atoms with Gasteiger partial charge in [0, 0.05) is 25.1 Å². The second-order valence-corrected chi connectivity index (χ2v) is 10.8. The van der Waals surface area contributed by atoms with E-state index >= 15 is 0 Å². The van der Waals surface area contributed by atoms with Gasteiger partial charge in [0.1, 0.15) is 17.6 Å². The molecule has 2 aliphatic heterocycles. The molecule has 0 spiro atoms. The summed E-state index contributed by atoms with van der Waals surface area (Å²) in [4.78, 5) is 30.5. The van der Waals surface area contributed by atoms with Gasteiger partial charge in [-0.05, 0) is 60.3 Å². The molecule has 6 nitrogen and oxygen atoms in total. The van der Waals surface area contributed by atoms with Crippen LogP contribution in [0.2, 0.25) is 0 Å². The fraction of sp³-hybridized carbons (Fsp3) is 0.467. The second-order valence-electron chi connectivity index (χ2n) is 10.8. The van der Waals surface area contributed by atoms with Gasteiger partial charge in [-0.15, -0.1) is 0 Å². The molecule has 1 saturated heterocycles. The van der Waals surface area contributed by atoms with Crippen molar-refractivity contribution < 1.29 is 19.4 Å². The van der Waals surface area contributed by atoms with Gasteiger partial charge in [-0.2, -0.15) is 0 Å². The molecule has 2 atom stereocenters. The first kappa shape index (κ1) is 26.0. The van der Waals surface area contributed by atoms with Gasteiger partial charge in [0.25, 0.3) is 11.7 Å². The molecular formula is C30H38N2O4. The molecule has 2 heterocycles.